The highest BCUT2D eigenvalue weighted by atomic mass is 32.1. The van der Waals surface area contributed by atoms with Gasteiger partial charge >= 0.3 is 5.69 Å². The molecule has 166 valence electrons. The van der Waals surface area contributed by atoms with Gasteiger partial charge in [-0.3, -0.25) is 9.36 Å². The number of likely N-dealkylation sites (tertiary alicyclic amines) is 1. The van der Waals surface area contributed by atoms with E-state index in [0.717, 1.165) is 54.9 Å². The molecule has 32 heavy (non-hydrogen) atoms. The molecule has 1 aromatic carbocycles. The van der Waals surface area contributed by atoms with E-state index in [9.17, 15) is 9.59 Å². The quantitative estimate of drug-likeness (QED) is 0.436. The molecular formula is C24H26N4O3S. The van der Waals surface area contributed by atoms with Crippen molar-refractivity contribution in [2.75, 3.05) is 26.7 Å². The Labute approximate surface area is 189 Å². The number of hydrogen-bond donors (Lipinski definition) is 1. The molecular weight excluding hydrogens is 424 g/mol. The van der Waals surface area contributed by atoms with Crippen LogP contribution in [0.1, 0.15) is 30.7 Å². The van der Waals surface area contributed by atoms with Crippen LogP contribution in [0.15, 0.2) is 52.2 Å². The van der Waals surface area contributed by atoms with Crippen LogP contribution in [0.4, 0.5) is 0 Å². The van der Waals surface area contributed by atoms with Gasteiger partial charge < -0.3 is 14.6 Å². The summed E-state index contributed by atoms with van der Waals surface area (Å²) in [6.45, 7) is 3.47. The van der Waals surface area contributed by atoms with Gasteiger partial charge in [-0.25, -0.2) is 9.78 Å². The number of ether oxygens (including phenoxy) is 1. The molecule has 1 fully saturated rings. The minimum Gasteiger partial charge on any atom is -0.496 e. The number of thiophene rings is 1. The van der Waals surface area contributed by atoms with E-state index in [1.54, 1.807) is 13.3 Å². The fraction of sp³-hybridized carbons (Fsp3) is 0.375. The summed E-state index contributed by atoms with van der Waals surface area (Å²) in [6, 6.07) is 12.0. The fourth-order valence-electron chi connectivity index (χ4n) is 4.70. The SMILES string of the molecule is COc1ccccc1[C@H]1CCN(CCCCn2c(=O)[nH]c3c(sc4ncccc43)c2=O)C1. The maximum atomic E-state index is 12.9. The van der Waals surface area contributed by atoms with E-state index in [1.807, 2.05) is 24.3 Å². The number of H-pyrrole nitrogens is 1. The van der Waals surface area contributed by atoms with E-state index in [4.69, 9.17) is 4.74 Å². The number of fused-ring (bicyclic) bond motifs is 3. The molecule has 4 heterocycles. The predicted octanol–water partition coefficient (Wildman–Crippen LogP) is 3.58. The molecule has 3 aromatic heterocycles. The molecule has 0 spiro atoms. The number of hydrogen-bond acceptors (Lipinski definition) is 6. The van der Waals surface area contributed by atoms with Crippen LogP contribution in [0, 0.1) is 0 Å². The lowest BCUT2D eigenvalue weighted by Gasteiger charge is -2.17. The minimum absolute atomic E-state index is 0.218. The maximum Gasteiger partial charge on any atom is 0.328 e. The molecule has 0 saturated carbocycles. The third-order valence-corrected chi connectivity index (χ3v) is 7.44. The van der Waals surface area contributed by atoms with Crippen molar-refractivity contribution in [3.63, 3.8) is 0 Å². The molecule has 0 radical (unpaired) electrons. The largest absolute Gasteiger partial charge is 0.496 e. The van der Waals surface area contributed by atoms with Crippen LogP contribution in [0.5, 0.6) is 5.75 Å². The summed E-state index contributed by atoms with van der Waals surface area (Å²) >= 11 is 1.34. The zero-order valence-corrected chi connectivity index (χ0v) is 18.9. The van der Waals surface area contributed by atoms with Crippen molar-refractivity contribution >= 4 is 31.8 Å². The van der Waals surface area contributed by atoms with Gasteiger partial charge in [0.25, 0.3) is 5.56 Å². The summed E-state index contributed by atoms with van der Waals surface area (Å²) in [5, 5.41) is 0.826. The molecule has 0 amide bonds. The van der Waals surface area contributed by atoms with Gasteiger partial charge in [0.2, 0.25) is 0 Å². The molecule has 0 bridgehead atoms. The molecule has 1 N–H and O–H groups in total. The van der Waals surface area contributed by atoms with Gasteiger partial charge in [0.15, 0.2) is 0 Å². The Hall–Kier alpha value is -2.97. The van der Waals surface area contributed by atoms with Gasteiger partial charge in [-0.2, -0.15) is 0 Å². The van der Waals surface area contributed by atoms with Crippen LogP contribution in [0.3, 0.4) is 0 Å². The number of aromatic amines is 1. The predicted molar refractivity (Wildman–Crippen MR) is 128 cm³/mol. The zero-order chi connectivity index (χ0) is 22.1. The van der Waals surface area contributed by atoms with Crippen molar-refractivity contribution in [3.8, 4) is 5.75 Å². The maximum absolute atomic E-state index is 12.9. The molecule has 0 unspecified atom stereocenters. The van der Waals surface area contributed by atoms with Gasteiger partial charge in [0.05, 0.1) is 12.6 Å². The topological polar surface area (TPSA) is 80.2 Å². The van der Waals surface area contributed by atoms with Gasteiger partial charge in [-0.15, -0.1) is 11.3 Å². The van der Waals surface area contributed by atoms with E-state index >= 15 is 0 Å². The number of para-hydroxylation sites is 1. The molecule has 1 aliphatic heterocycles. The van der Waals surface area contributed by atoms with Crippen molar-refractivity contribution in [2.24, 2.45) is 0 Å². The summed E-state index contributed by atoms with van der Waals surface area (Å²) in [6.07, 6.45) is 4.55. The van der Waals surface area contributed by atoms with Gasteiger partial charge in [-0.1, -0.05) is 18.2 Å². The van der Waals surface area contributed by atoms with Crippen LogP contribution in [-0.2, 0) is 6.54 Å². The molecule has 1 aliphatic rings. The number of nitrogens with one attached hydrogen (secondary N) is 1. The second kappa shape index (κ2) is 8.88. The van der Waals surface area contributed by atoms with Crippen LogP contribution < -0.4 is 16.0 Å². The van der Waals surface area contributed by atoms with E-state index in [0.29, 0.717) is 22.7 Å². The molecule has 0 aliphatic carbocycles. The smallest absolute Gasteiger partial charge is 0.328 e. The Balaban J connectivity index is 1.21. The average Bonchev–Trinajstić information content (AvgIpc) is 3.43. The van der Waals surface area contributed by atoms with Crippen molar-refractivity contribution in [1.29, 1.82) is 0 Å². The lowest BCUT2D eigenvalue weighted by atomic mass is 9.97. The van der Waals surface area contributed by atoms with Crippen LogP contribution in [0.2, 0.25) is 0 Å². The highest BCUT2D eigenvalue weighted by Crippen LogP contribution is 2.33. The third-order valence-electron chi connectivity index (χ3n) is 6.34. The summed E-state index contributed by atoms with van der Waals surface area (Å²) in [5.74, 6) is 1.45. The van der Waals surface area contributed by atoms with Crippen LogP contribution in [0.25, 0.3) is 20.4 Å². The standard InChI is InChI=1S/C24H26N4O3S/c1-31-19-9-3-2-7-17(19)16-10-14-27(15-16)12-4-5-13-28-23(29)21-20(26-24(28)30)18-8-6-11-25-22(18)32-21/h2-3,6-9,11,16H,4-5,10,12-15H2,1H3,(H,26,30)/t16-/m0/s1. The van der Waals surface area contributed by atoms with E-state index in [2.05, 4.69) is 27.0 Å². The van der Waals surface area contributed by atoms with Crippen molar-refractivity contribution in [3.05, 3.63) is 69.0 Å². The number of aromatic nitrogens is 3. The monoisotopic (exact) mass is 450 g/mol. The van der Waals surface area contributed by atoms with Crippen molar-refractivity contribution in [1.82, 2.24) is 19.4 Å². The first-order valence-corrected chi connectivity index (χ1v) is 11.8. The van der Waals surface area contributed by atoms with Gasteiger partial charge in [0, 0.05) is 30.6 Å². The van der Waals surface area contributed by atoms with E-state index < -0.39 is 0 Å². The normalized spacial score (nSPS) is 16.8. The van der Waals surface area contributed by atoms with E-state index in [1.165, 1.54) is 21.5 Å². The number of unbranched alkanes of at least 4 members (excludes halogenated alkanes) is 1. The molecule has 1 atom stereocenters. The van der Waals surface area contributed by atoms with Crippen LogP contribution >= 0.6 is 11.3 Å². The molecule has 5 rings (SSSR count). The number of benzene rings is 1. The lowest BCUT2D eigenvalue weighted by Crippen LogP contribution is -2.34. The lowest BCUT2D eigenvalue weighted by molar-refractivity contribution is 0.320. The Morgan fingerprint density at radius 3 is 2.88 bits per heavy atom. The summed E-state index contributed by atoms with van der Waals surface area (Å²) in [7, 11) is 1.72. The number of methoxy groups -OCH3 is 1. The molecule has 1 saturated heterocycles. The Morgan fingerprint density at radius 2 is 2.00 bits per heavy atom. The second-order valence-corrected chi connectivity index (χ2v) is 9.28. The molecule has 4 aromatic rings. The van der Waals surface area contributed by atoms with E-state index in [-0.39, 0.29) is 11.2 Å². The number of nitrogens with zero attached hydrogens (tertiary/aromatic N) is 3. The minimum atomic E-state index is -0.344. The molecule has 8 heteroatoms. The number of pyridine rings is 1. The fourth-order valence-corrected chi connectivity index (χ4v) is 5.75. The summed E-state index contributed by atoms with van der Waals surface area (Å²) < 4.78 is 7.43. The third kappa shape index (κ3) is 3.84. The number of rotatable bonds is 7. The van der Waals surface area contributed by atoms with Gasteiger partial charge in [0.1, 0.15) is 15.3 Å². The first-order valence-electron chi connectivity index (χ1n) is 11.0. The highest BCUT2D eigenvalue weighted by Gasteiger charge is 2.25. The first-order chi connectivity index (χ1) is 15.7. The zero-order valence-electron chi connectivity index (χ0n) is 18.0. The Bertz CT molecular complexity index is 1370. The summed E-state index contributed by atoms with van der Waals surface area (Å²) in [4.78, 5) is 35.9. The van der Waals surface area contributed by atoms with Crippen molar-refractivity contribution < 1.29 is 4.74 Å². The average molecular weight is 451 g/mol. The molecule has 7 nitrogen and oxygen atoms in total. The second-order valence-electron chi connectivity index (χ2n) is 8.28. The highest BCUT2D eigenvalue weighted by molar-refractivity contribution is 7.25. The van der Waals surface area contributed by atoms with Gasteiger partial charge in [-0.05, 0) is 56.1 Å². The Morgan fingerprint density at radius 1 is 1.16 bits per heavy atom. The Kier molecular flexibility index (Phi) is 5.80. The first kappa shape index (κ1) is 20.9. The van der Waals surface area contributed by atoms with Crippen LogP contribution in [-0.4, -0.2) is 46.2 Å². The van der Waals surface area contributed by atoms with Crippen molar-refractivity contribution in [2.45, 2.75) is 31.7 Å². The summed E-state index contributed by atoms with van der Waals surface area (Å²) in [5.41, 5.74) is 1.32.